The minimum Gasteiger partial charge on any atom is -0.366 e. The number of nitrogens with one attached hydrogen (secondary N) is 1. The molecule has 7 heteroatoms. The van der Waals surface area contributed by atoms with Crippen molar-refractivity contribution in [1.29, 1.82) is 0 Å². The Hall–Kier alpha value is -3.58. The first-order valence-electron chi connectivity index (χ1n) is 10.3. The molecular weight excluding hydrogens is 422 g/mol. The molecule has 0 radical (unpaired) electrons. The Morgan fingerprint density at radius 3 is 2.38 bits per heavy atom. The van der Waals surface area contributed by atoms with Crippen molar-refractivity contribution in [3.63, 3.8) is 0 Å². The van der Waals surface area contributed by atoms with Crippen molar-refractivity contribution in [1.82, 2.24) is 4.90 Å². The van der Waals surface area contributed by atoms with Gasteiger partial charge in [-0.05, 0) is 41.8 Å². The summed E-state index contributed by atoms with van der Waals surface area (Å²) in [6, 6.07) is 23.9. The number of carbonyl (C=O) groups excluding carboxylic acids is 3. The monoisotopic (exact) mass is 445 g/mol. The fourth-order valence-corrected chi connectivity index (χ4v) is 4.89. The summed E-state index contributed by atoms with van der Waals surface area (Å²) in [5.41, 5.74) is 8.64. The zero-order valence-electron chi connectivity index (χ0n) is 17.4. The van der Waals surface area contributed by atoms with Crippen molar-refractivity contribution in [2.45, 2.75) is 11.8 Å². The van der Waals surface area contributed by atoms with Crippen LogP contribution >= 0.6 is 11.8 Å². The number of amides is 3. The van der Waals surface area contributed by atoms with E-state index in [4.69, 9.17) is 5.73 Å². The van der Waals surface area contributed by atoms with E-state index in [9.17, 15) is 14.4 Å². The Kier molecular flexibility index (Phi) is 6.56. The van der Waals surface area contributed by atoms with E-state index < -0.39 is 5.91 Å². The number of nitrogens with zero attached hydrogens (tertiary/aromatic N) is 1. The molecule has 3 aromatic rings. The van der Waals surface area contributed by atoms with Crippen LogP contribution in [0, 0.1) is 0 Å². The Morgan fingerprint density at radius 2 is 1.66 bits per heavy atom. The molecule has 1 aliphatic heterocycles. The van der Waals surface area contributed by atoms with Crippen molar-refractivity contribution in [2.24, 2.45) is 5.73 Å². The summed E-state index contributed by atoms with van der Waals surface area (Å²) < 4.78 is 0. The average molecular weight is 446 g/mol. The van der Waals surface area contributed by atoms with E-state index in [2.05, 4.69) is 17.4 Å². The molecule has 0 saturated carbocycles. The maximum Gasteiger partial charge on any atom is 0.255 e. The number of hydrogen-bond acceptors (Lipinski definition) is 4. The summed E-state index contributed by atoms with van der Waals surface area (Å²) in [6.45, 7) is 0.645. The summed E-state index contributed by atoms with van der Waals surface area (Å²) in [7, 11) is 0. The van der Waals surface area contributed by atoms with Gasteiger partial charge in [-0.15, -0.1) is 11.8 Å². The van der Waals surface area contributed by atoms with Gasteiger partial charge >= 0.3 is 0 Å². The standard InChI is InChI=1S/C25H23N3O3S/c26-23(30)20-8-4-5-9-21(20)27-24(31)18-10-12-19(13-11-18)25-28(22(29)16-32-25)15-14-17-6-2-1-3-7-17/h1-13,25H,14-16H2,(H2,26,30)(H,27,31)/t25-/m0/s1. The van der Waals surface area contributed by atoms with Crippen LogP contribution in [0.3, 0.4) is 0 Å². The Morgan fingerprint density at radius 1 is 0.969 bits per heavy atom. The molecule has 162 valence electrons. The average Bonchev–Trinajstić information content (AvgIpc) is 3.19. The van der Waals surface area contributed by atoms with Crippen LogP contribution in [0.25, 0.3) is 0 Å². The zero-order valence-corrected chi connectivity index (χ0v) is 18.2. The van der Waals surface area contributed by atoms with Crippen LogP contribution in [-0.4, -0.2) is 34.9 Å². The maximum absolute atomic E-state index is 12.7. The number of thioether (sulfide) groups is 1. The lowest BCUT2D eigenvalue weighted by Crippen LogP contribution is -2.30. The van der Waals surface area contributed by atoms with Crippen LogP contribution < -0.4 is 11.1 Å². The number of nitrogens with two attached hydrogens (primary N) is 1. The summed E-state index contributed by atoms with van der Waals surface area (Å²) in [5, 5.41) is 2.67. The highest BCUT2D eigenvalue weighted by Gasteiger charge is 2.32. The first kappa shape index (κ1) is 21.6. The number of primary amides is 1. The van der Waals surface area contributed by atoms with Crippen molar-refractivity contribution in [2.75, 3.05) is 17.6 Å². The first-order valence-corrected chi connectivity index (χ1v) is 11.3. The fraction of sp³-hybridized carbons (Fsp3) is 0.160. The lowest BCUT2D eigenvalue weighted by Gasteiger charge is -2.24. The predicted molar refractivity (Wildman–Crippen MR) is 126 cm³/mol. The minimum absolute atomic E-state index is 0.0705. The lowest BCUT2D eigenvalue weighted by atomic mass is 10.1. The zero-order chi connectivity index (χ0) is 22.5. The number of benzene rings is 3. The SMILES string of the molecule is NC(=O)c1ccccc1NC(=O)c1ccc([C@@H]2SCC(=O)N2CCc2ccccc2)cc1. The third kappa shape index (κ3) is 4.84. The van der Waals surface area contributed by atoms with E-state index in [1.54, 1.807) is 48.2 Å². The molecule has 3 aromatic carbocycles. The predicted octanol–water partition coefficient (Wildman–Crippen LogP) is 3.85. The highest BCUT2D eigenvalue weighted by Crippen LogP contribution is 2.38. The summed E-state index contributed by atoms with van der Waals surface area (Å²) in [6.07, 6.45) is 0.795. The van der Waals surface area contributed by atoms with Crippen LogP contribution in [0.4, 0.5) is 5.69 Å². The molecule has 1 heterocycles. The van der Waals surface area contributed by atoms with Gasteiger partial charge in [-0.2, -0.15) is 0 Å². The molecule has 1 saturated heterocycles. The first-order chi connectivity index (χ1) is 15.5. The van der Waals surface area contributed by atoms with Crippen LogP contribution in [-0.2, 0) is 11.2 Å². The van der Waals surface area contributed by atoms with Crippen molar-refractivity contribution >= 4 is 35.2 Å². The lowest BCUT2D eigenvalue weighted by molar-refractivity contribution is -0.128. The summed E-state index contributed by atoms with van der Waals surface area (Å²) in [5.74, 6) is -0.358. The molecule has 0 spiro atoms. The second-order valence-corrected chi connectivity index (χ2v) is 8.54. The molecule has 1 atom stereocenters. The van der Waals surface area contributed by atoms with Crippen LogP contribution in [0.1, 0.15) is 37.2 Å². The molecule has 32 heavy (non-hydrogen) atoms. The topological polar surface area (TPSA) is 92.5 Å². The molecule has 0 aliphatic carbocycles. The third-order valence-electron chi connectivity index (χ3n) is 5.35. The quantitative estimate of drug-likeness (QED) is 0.578. The number of anilines is 1. The normalized spacial score (nSPS) is 15.6. The molecule has 4 rings (SSSR count). The van der Waals surface area contributed by atoms with Crippen molar-refractivity contribution in [3.8, 4) is 0 Å². The van der Waals surface area contributed by atoms with Gasteiger partial charge in [0.2, 0.25) is 5.91 Å². The molecule has 3 N–H and O–H groups in total. The maximum atomic E-state index is 12.7. The van der Waals surface area contributed by atoms with E-state index in [1.807, 2.05) is 35.2 Å². The van der Waals surface area contributed by atoms with Gasteiger partial charge in [0.1, 0.15) is 5.37 Å². The molecule has 3 amide bonds. The third-order valence-corrected chi connectivity index (χ3v) is 6.61. The minimum atomic E-state index is -0.602. The van der Waals surface area contributed by atoms with E-state index >= 15 is 0 Å². The van der Waals surface area contributed by atoms with Crippen LogP contribution in [0.5, 0.6) is 0 Å². The smallest absolute Gasteiger partial charge is 0.255 e. The number of rotatable bonds is 7. The highest BCUT2D eigenvalue weighted by atomic mass is 32.2. The fourth-order valence-electron chi connectivity index (χ4n) is 3.67. The number of carbonyl (C=O) groups is 3. The Labute approximate surface area is 190 Å². The molecular formula is C25H23N3O3S. The molecule has 6 nitrogen and oxygen atoms in total. The summed E-state index contributed by atoms with van der Waals surface area (Å²) in [4.78, 5) is 38.6. The highest BCUT2D eigenvalue weighted by molar-refractivity contribution is 8.00. The molecule has 1 aliphatic rings. The Bertz CT molecular complexity index is 1130. The van der Waals surface area contributed by atoms with Crippen LogP contribution in [0.15, 0.2) is 78.9 Å². The largest absolute Gasteiger partial charge is 0.366 e. The molecule has 0 aromatic heterocycles. The van der Waals surface area contributed by atoms with Gasteiger partial charge < -0.3 is 16.0 Å². The number of para-hydroxylation sites is 1. The van der Waals surface area contributed by atoms with E-state index in [-0.39, 0.29) is 22.8 Å². The van der Waals surface area contributed by atoms with Crippen LogP contribution in [0.2, 0.25) is 0 Å². The second kappa shape index (κ2) is 9.70. The van der Waals surface area contributed by atoms with Gasteiger partial charge in [0.15, 0.2) is 0 Å². The molecule has 0 bridgehead atoms. The summed E-state index contributed by atoms with van der Waals surface area (Å²) >= 11 is 1.59. The van der Waals surface area contributed by atoms with E-state index in [1.165, 1.54) is 5.56 Å². The number of hydrogen-bond donors (Lipinski definition) is 2. The van der Waals surface area contributed by atoms with Crippen molar-refractivity contribution in [3.05, 3.63) is 101 Å². The van der Waals surface area contributed by atoms with Crippen molar-refractivity contribution < 1.29 is 14.4 Å². The van der Waals surface area contributed by atoms with Gasteiger partial charge in [0.05, 0.1) is 17.0 Å². The van der Waals surface area contributed by atoms with Gasteiger partial charge in [-0.1, -0.05) is 54.6 Å². The van der Waals surface area contributed by atoms with Gasteiger partial charge in [0.25, 0.3) is 11.8 Å². The van der Waals surface area contributed by atoms with Gasteiger partial charge in [-0.3, -0.25) is 14.4 Å². The Balaban J connectivity index is 1.45. The second-order valence-electron chi connectivity index (χ2n) is 7.47. The van der Waals surface area contributed by atoms with Gasteiger partial charge in [-0.25, -0.2) is 0 Å². The van der Waals surface area contributed by atoms with Gasteiger partial charge in [0, 0.05) is 12.1 Å². The van der Waals surface area contributed by atoms with E-state index in [0.717, 1.165) is 12.0 Å². The molecule has 0 unspecified atom stereocenters. The molecule has 1 fully saturated rings. The van der Waals surface area contributed by atoms with E-state index in [0.29, 0.717) is 23.5 Å².